The molecule has 0 aromatic heterocycles. The Labute approximate surface area is 219 Å². The number of thioether (sulfide) groups is 1. The average Bonchev–Trinajstić information content (AvgIpc) is 2.83. The standard InChI is InChI=1S/C29H27BrN2O2S/c1-4-14-29(18-31)26(20-10-12-21(30)13-11-20)25-22(15-28(2,3)16-23(25)33)32-27(29)35-17-24(34)19-8-6-5-7-9-19/h4-13,26H,1,14-17H2,2-3H3/t26-,29-/m0/s1. The molecule has 0 radical (unpaired) electrons. The van der Waals surface area contributed by atoms with Crippen LogP contribution < -0.4 is 0 Å². The van der Waals surface area contributed by atoms with Crippen LogP contribution in [0.15, 0.2) is 88.0 Å². The predicted octanol–water partition coefficient (Wildman–Crippen LogP) is 7.29. The summed E-state index contributed by atoms with van der Waals surface area (Å²) in [5.41, 5.74) is 1.55. The first-order valence-corrected chi connectivity index (χ1v) is 13.3. The Bertz CT molecular complexity index is 1270. The van der Waals surface area contributed by atoms with Gasteiger partial charge in [0.05, 0.1) is 16.9 Å². The minimum absolute atomic E-state index is 0.0243. The lowest BCUT2D eigenvalue weighted by Gasteiger charge is -2.44. The molecule has 2 atom stereocenters. The zero-order valence-corrected chi connectivity index (χ0v) is 22.3. The van der Waals surface area contributed by atoms with E-state index >= 15 is 0 Å². The van der Waals surface area contributed by atoms with Crippen molar-refractivity contribution in [1.29, 1.82) is 5.26 Å². The van der Waals surface area contributed by atoms with Gasteiger partial charge in [0, 0.05) is 33.6 Å². The van der Waals surface area contributed by atoms with Crippen molar-refractivity contribution in [3.63, 3.8) is 0 Å². The van der Waals surface area contributed by atoms with E-state index in [1.807, 2.05) is 42.5 Å². The minimum atomic E-state index is -1.12. The summed E-state index contributed by atoms with van der Waals surface area (Å²) in [7, 11) is 0. The number of nitrogens with zero attached hydrogens (tertiary/aromatic N) is 2. The van der Waals surface area contributed by atoms with E-state index in [2.05, 4.69) is 42.4 Å². The monoisotopic (exact) mass is 546 g/mol. The Morgan fingerprint density at radius 1 is 1.20 bits per heavy atom. The van der Waals surface area contributed by atoms with Crippen LogP contribution in [-0.2, 0) is 4.79 Å². The molecule has 0 fully saturated rings. The highest BCUT2D eigenvalue weighted by atomic mass is 79.9. The van der Waals surface area contributed by atoms with E-state index in [1.165, 1.54) is 11.8 Å². The molecule has 2 aliphatic rings. The minimum Gasteiger partial charge on any atom is -0.294 e. The smallest absolute Gasteiger partial charge is 0.173 e. The molecule has 178 valence electrons. The first kappa shape index (κ1) is 25.3. The third-order valence-corrected chi connectivity index (χ3v) is 8.27. The molecule has 0 saturated heterocycles. The van der Waals surface area contributed by atoms with E-state index in [0.717, 1.165) is 15.7 Å². The van der Waals surface area contributed by atoms with Crippen LogP contribution in [0.3, 0.4) is 0 Å². The first-order valence-electron chi connectivity index (χ1n) is 11.5. The van der Waals surface area contributed by atoms with Gasteiger partial charge in [-0.15, -0.1) is 18.3 Å². The Kier molecular flexibility index (Phi) is 7.30. The lowest BCUT2D eigenvalue weighted by molar-refractivity contribution is -0.118. The van der Waals surface area contributed by atoms with E-state index in [0.29, 0.717) is 35.4 Å². The van der Waals surface area contributed by atoms with Gasteiger partial charge in [0.15, 0.2) is 11.6 Å². The van der Waals surface area contributed by atoms with Crippen LogP contribution in [0.2, 0.25) is 0 Å². The largest absolute Gasteiger partial charge is 0.294 e. The summed E-state index contributed by atoms with van der Waals surface area (Å²) in [5, 5.41) is 11.3. The summed E-state index contributed by atoms with van der Waals surface area (Å²) in [6.45, 7) is 8.06. The maximum Gasteiger partial charge on any atom is 0.173 e. The van der Waals surface area contributed by atoms with Crippen LogP contribution in [0.1, 0.15) is 54.9 Å². The quantitative estimate of drug-likeness (QED) is 0.281. The summed E-state index contributed by atoms with van der Waals surface area (Å²) in [6, 6.07) is 19.5. The number of benzene rings is 2. The Morgan fingerprint density at radius 2 is 1.89 bits per heavy atom. The molecule has 0 N–H and O–H groups in total. The van der Waals surface area contributed by atoms with E-state index in [4.69, 9.17) is 4.99 Å². The number of carbonyl (C=O) groups excluding carboxylic acids is 2. The third kappa shape index (κ3) is 4.98. The van der Waals surface area contributed by atoms with Crippen LogP contribution >= 0.6 is 27.7 Å². The van der Waals surface area contributed by atoms with E-state index in [9.17, 15) is 14.9 Å². The molecule has 2 aromatic rings. The molecular weight excluding hydrogens is 520 g/mol. The number of carbonyl (C=O) groups is 2. The Hall–Kier alpha value is -2.75. The van der Waals surface area contributed by atoms with Crippen molar-refractivity contribution in [3.8, 4) is 6.07 Å². The van der Waals surface area contributed by atoms with Crippen LogP contribution in [0.25, 0.3) is 0 Å². The summed E-state index contributed by atoms with van der Waals surface area (Å²) in [5.74, 6) is -0.301. The summed E-state index contributed by atoms with van der Waals surface area (Å²) in [6.07, 6.45) is 3.10. The number of nitriles is 1. The normalized spacial score (nSPS) is 23.2. The zero-order valence-electron chi connectivity index (χ0n) is 19.9. The zero-order chi connectivity index (χ0) is 25.2. The molecule has 4 rings (SSSR count). The van der Waals surface area contributed by atoms with Gasteiger partial charge in [0.1, 0.15) is 5.41 Å². The Balaban J connectivity index is 1.85. The molecule has 1 heterocycles. The van der Waals surface area contributed by atoms with Gasteiger partial charge in [0.2, 0.25) is 0 Å². The molecular formula is C29H27BrN2O2S. The molecule has 4 nitrogen and oxygen atoms in total. The second-order valence-corrected chi connectivity index (χ2v) is 11.7. The highest BCUT2D eigenvalue weighted by Gasteiger charge is 2.52. The fraction of sp³-hybridized carbons (Fsp3) is 0.310. The van der Waals surface area contributed by atoms with Crippen LogP contribution in [0.5, 0.6) is 0 Å². The number of hydrogen-bond acceptors (Lipinski definition) is 5. The highest BCUT2D eigenvalue weighted by molar-refractivity contribution is 9.10. The lowest BCUT2D eigenvalue weighted by Crippen LogP contribution is -2.43. The third-order valence-electron chi connectivity index (χ3n) is 6.60. The van der Waals surface area contributed by atoms with Gasteiger partial charge in [-0.3, -0.25) is 9.59 Å². The van der Waals surface area contributed by atoms with Crippen LogP contribution in [-0.4, -0.2) is 22.4 Å². The second-order valence-electron chi connectivity index (χ2n) is 9.86. The number of hydrogen-bond donors (Lipinski definition) is 0. The number of ketones is 2. The van der Waals surface area contributed by atoms with Crippen molar-refractivity contribution in [2.45, 2.75) is 39.0 Å². The number of Topliss-reactive ketones (excluding diaryl/α,β-unsaturated/α-hetero) is 2. The molecule has 35 heavy (non-hydrogen) atoms. The summed E-state index contributed by atoms with van der Waals surface area (Å²) >= 11 is 4.80. The van der Waals surface area contributed by atoms with Gasteiger partial charge in [-0.25, -0.2) is 4.99 Å². The predicted molar refractivity (Wildman–Crippen MR) is 145 cm³/mol. The van der Waals surface area contributed by atoms with Crippen molar-refractivity contribution >= 4 is 44.3 Å². The number of allylic oxidation sites excluding steroid dienone is 3. The van der Waals surface area contributed by atoms with E-state index in [1.54, 1.807) is 18.2 Å². The van der Waals surface area contributed by atoms with Gasteiger partial charge in [-0.05, 0) is 36.0 Å². The number of halogens is 1. The Morgan fingerprint density at radius 3 is 2.51 bits per heavy atom. The summed E-state index contributed by atoms with van der Waals surface area (Å²) < 4.78 is 0.922. The maximum absolute atomic E-state index is 13.5. The molecule has 0 saturated carbocycles. The molecule has 0 amide bonds. The number of rotatable bonds is 6. The van der Waals surface area contributed by atoms with Crippen LogP contribution in [0, 0.1) is 22.2 Å². The van der Waals surface area contributed by atoms with Crippen molar-refractivity contribution in [2.24, 2.45) is 15.8 Å². The van der Waals surface area contributed by atoms with Gasteiger partial charge in [0.25, 0.3) is 0 Å². The average molecular weight is 548 g/mol. The fourth-order valence-electron chi connectivity index (χ4n) is 5.02. The molecule has 0 unspecified atom stereocenters. The van der Waals surface area contributed by atoms with Gasteiger partial charge < -0.3 is 0 Å². The van der Waals surface area contributed by atoms with Crippen LogP contribution in [0.4, 0.5) is 0 Å². The van der Waals surface area contributed by atoms with E-state index in [-0.39, 0.29) is 22.7 Å². The maximum atomic E-state index is 13.5. The number of aliphatic imine (C=N–C) groups is 1. The molecule has 6 heteroatoms. The second kappa shape index (κ2) is 10.1. The van der Waals surface area contributed by atoms with Gasteiger partial charge in [-0.1, -0.05) is 78.3 Å². The van der Waals surface area contributed by atoms with Gasteiger partial charge in [-0.2, -0.15) is 5.26 Å². The fourth-order valence-corrected chi connectivity index (χ4v) is 6.40. The topological polar surface area (TPSA) is 70.3 Å². The van der Waals surface area contributed by atoms with Gasteiger partial charge >= 0.3 is 0 Å². The van der Waals surface area contributed by atoms with Crippen molar-refractivity contribution in [2.75, 3.05) is 5.75 Å². The van der Waals surface area contributed by atoms with E-state index < -0.39 is 11.3 Å². The van der Waals surface area contributed by atoms with Crippen molar-refractivity contribution in [3.05, 3.63) is 94.1 Å². The molecule has 1 aliphatic heterocycles. The molecule has 0 bridgehead atoms. The van der Waals surface area contributed by atoms with Crippen molar-refractivity contribution in [1.82, 2.24) is 0 Å². The molecule has 0 spiro atoms. The summed E-state index contributed by atoms with van der Waals surface area (Å²) in [4.78, 5) is 31.4. The molecule has 2 aromatic carbocycles. The highest BCUT2D eigenvalue weighted by Crippen LogP contribution is 2.55. The lowest BCUT2D eigenvalue weighted by atomic mass is 9.61. The first-order chi connectivity index (χ1) is 16.7. The molecule has 1 aliphatic carbocycles. The SMILES string of the molecule is C=CC[C@@]1(C#N)C(SCC(=O)c2ccccc2)=NC2=C(C(=O)CC(C)(C)C2)[C@@H]1c1ccc(Br)cc1. The van der Waals surface area contributed by atoms with Crippen molar-refractivity contribution < 1.29 is 9.59 Å².